The van der Waals surface area contributed by atoms with Crippen LogP contribution < -0.4 is 10.5 Å². The highest BCUT2D eigenvalue weighted by Crippen LogP contribution is 2.39. The number of hydrogen-bond acceptors (Lipinski definition) is 5. The van der Waals surface area contributed by atoms with Gasteiger partial charge in [-0.15, -0.1) is 0 Å². The fourth-order valence-electron chi connectivity index (χ4n) is 2.11. The van der Waals surface area contributed by atoms with Gasteiger partial charge in [-0.05, 0) is 37.0 Å². The van der Waals surface area contributed by atoms with Crippen LogP contribution in [0.15, 0.2) is 22.7 Å². The van der Waals surface area contributed by atoms with E-state index in [0.717, 1.165) is 35.6 Å². The number of nitrogens with zero attached hydrogens (tertiary/aromatic N) is 2. The van der Waals surface area contributed by atoms with Gasteiger partial charge in [-0.3, -0.25) is 0 Å². The zero-order valence-electron chi connectivity index (χ0n) is 11.1. The maximum atomic E-state index is 6.18. The summed E-state index contributed by atoms with van der Waals surface area (Å²) in [5, 5.41) is 3.98. The maximum absolute atomic E-state index is 6.18. The van der Waals surface area contributed by atoms with Gasteiger partial charge in [-0.2, -0.15) is 4.98 Å². The molecule has 0 aliphatic heterocycles. The third kappa shape index (κ3) is 2.33. The molecular weight excluding hydrogens is 242 g/mol. The Bertz CT molecular complexity index is 590. The van der Waals surface area contributed by atoms with E-state index in [4.69, 9.17) is 15.0 Å². The SMILES string of the molecule is COc1ccc(C(N)c2noc(C3CC3)n2)cc1C. The van der Waals surface area contributed by atoms with E-state index in [1.54, 1.807) is 7.11 Å². The van der Waals surface area contributed by atoms with Gasteiger partial charge >= 0.3 is 0 Å². The lowest BCUT2D eigenvalue weighted by molar-refractivity contribution is 0.372. The molecule has 1 aliphatic carbocycles. The molecule has 1 aromatic heterocycles. The normalized spacial score (nSPS) is 16.4. The largest absolute Gasteiger partial charge is 0.496 e. The molecule has 2 aromatic rings. The molecule has 1 aromatic carbocycles. The predicted octanol–water partition coefficient (Wildman–Crippen LogP) is 2.31. The van der Waals surface area contributed by atoms with Crippen molar-refractivity contribution in [2.75, 3.05) is 7.11 Å². The second-order valence-electron chi connectivity index (χ2n) is 4.97. The molecule has 3 rings (SSSR count). The molecule has 1 aliphatic rings. The molecule has 19 heavy (non-hydrogen) atoms. The Balaban J connectivity index is 1.85. The first-order chi connectivity index (χ1) is 9.19. The van der Waals surface area contributed by atoms with Gasteiger partial charge in [0.2, 0.25) is 5.89 Å². The Hall–Kier alpha value is -1.88. The van der Waals surface area contributed by atoms with E-state index in [1.807, 2.05) is 25.1 Å². The smallest absolute Gasteiger partial charge is 0.229 e. The summed E-state index contributed by atoms with van der Waals surface area (Å²) in [5.41, 5.74) is 8.19. The summed E-state index contributed by atoms with van der Waals surface area (Å²) >= 11 is 0. The Morgan fingerprint density at radius 2 is 2.21 bits per heavy atom. The minimum Gasteiger partial charge on any atom is -0.496 e. The highest BCUT2D eigenvalue weighted by molar-refractivity contribution is 5.38. The molecule has 1 heterocycles. The third-order valence-electron chi connectivity index (χ3n) is 3.44. The quantitative estimate of drug-likeness (QED) is 0.912. The second-order valence-corrected chi connectivity index (χ2v) is 4.97. The molecule has 0 saturated heterocycles. The molecule has 100 valence electrons. The lowest BCUT2D eigenvalue weighted by Crippen LogP contribution is -2.14. The van der Waals surface area contributed by atoms with E-state index in [1.165, 1.54) is 0 Å². The van der Waals surface area contributed by atoms with Crippen molar-refractivity contribution in [3.63, 3.8) is 0 Å². The molecule has 0 bridgehead atoms. The molecule has 1 unspecified atom stereocenters. The molecule has 0 amide bonds. The summed E-state index contributed by atoms with van der Waals surface area (Å²) in [6.07, 6.45) is 2.27. The Morgan fingerprint density at radius 1 is 1.42 bits per heavy atom. The van der Waals surface area contributed by atoms with Crippen LogP contribution in [-0.4, -0.2) is 17.3 Å². The summed E-state index contributed by atoms with van der Waals surface area (Å²) in [6, 6.07) is 5.48. The van der Waals surface area contributed by atoms with Crippen molar-refractivity contribution in [1.29, 1.82) is 0 Å². The first kappa shape index (κ1) is 12.2. The molecule has 5 heteroatoms. The first-order valence-corrected chi connectivity index (χ1v) is 6.42. The summed E-state index contributed by atoms with van der Waals surface area (Å²) in [6.45, 7) is 1.99. The van der Waals surface area contributed by atoms with E-state index in [2.05, 4.69) is 10.1 Å². The fourth-order valence-corrected chi connectivity index (χ4v) is 2.11. The molecule has 1 saturated carbocycles. The summed E-state index contributed by atoms with van der Waals surface area (Å²) in [4.78, 5) is 4.39. The van der Waals surface area contributed by atoms with E-state index in [-0.39, 0.29) is 6.04 Å². The van der Waals surface area contributed by atoms with Crippen molar-refractivity contribution in [2.45, 2.75) is 31.7 Å². The Morgan fingerprint density at radius 3 is 2.84 bits per heavy atom. The van der Waals surface area contributed by atoms with Crippen LogP contribution in [0.1, 0.15) is 47.6 Å². The third-order valence-corrected chi connectivity index (χ3v) is 3.44. The van der Waals surface area contributed by atoms with Crippen molar-refractivity contribution in [3.05, 3.63) is 41.0 Å². The standard InChI is InChI=1S/C14H17N3O2/c1-8-7-10(5-6-11(8)18-2)12(15)13-16-14(19-17-13)9-3-4-9/h5-7,9,12H,3-4,15H2,1-2H3. The van der Waals surface area contributed by atoms with Crippen molar-refractivity contribution < 1.29 is 9.26 Å². The first-order valence-electron chi connectivity index (χ1n) is 6.42. The molecular formula is C14H17N3O2. The topological polar surface area (TPSA) is 74.2 Å². The highest BCUT2D eigenvalue weighted by Gasteiger charge is 2.30. The maximum Gasteiger partial charge on any atom is 0.229 e. The van der Waals surface area contributed by atoms with E-state index >= 15 is 0 Å². The minimum atomic E-state index is -0.360. The number of ether oxygens (including phenoxy) is 1. The highest BCUT2D eigenvalue weighted by atomic mass is 16.5. The summed E-state index contributed by atoms with van der Waals surface area (Å²) in [7, 11) is 1.66. The number of nitrogens with two attached hydrogens (primary N) is 1. The van der Waals surface area contributed by atoms with E-state index in [0.29, 0.717) is 11.7 Å². The molecule has 1 atom stereocenters. The van der Waals surface area contributed by atoms with Crippen molar-refractivity contribution in [2.24, 2.45) is 5.73 Å². The van der Waals surface area contributed by atoms with Gasteiger partial charge in [0.15, 0.2) is 5.82 Å². The number of aromatic nitrogens is 2. The van der Waals surface area contributed by atoms with Crippen LogP contribution in [0.25, 0.3) is 0 Å². The molecule has 2 N–H and O–H groups in total. The number of rotatable bonds is 4. The minimum absolute atomic E-state index is 0.360. The summed E-state index contributed by atoms with van der Waals surface area (Å²) < 4.78 is 10.5. The van der Waals surface area contributed by atoms with Crippen LogP contribution in [0.5, 0.6) is 5.75 Å². The van der Waals surface area contributed by atoms with Gasteiger partial charge in [-0.25, -0.2) is 0 Å². The zero-order valence-corrected chi connectivity index (χ0v) is 11.1. The van der Waals surface area contributed by atoms with Crippen LogP contribution in [0.3, 0.4) is 0 Å². The van der Waals surface area contributed by atoms with Gasteiger partial charge in [0.25, 0.3) is 0 Å². The zero-order chi connectivity index (χ0) is 13.4. The van der Waals surface area contributed by atoms with Crippen LogP contribution in [0, 0.1) is 6.92 Å². The molecule has 0 radical (unpaired) electrons. The van der Waals surface area contributed by atoms with Gasteiger partial charge in [-0.1, -0.05) is 17.3 Å². The Labute approximate surface area is 111 Å². The number of hydrogen-bond donors (Lipinski definition) is 1. The average molecular weight is 259 g/mol. The molecule has 1 fully saturated rings. The Kier molecular flexibility index (Phi) is 2.98. The van der Waals surface area contributed by atoms with Gasteiger partial charge in [0.1, 0.15) is 5.75 Å². The number of aryl methyl sites for hydroxylation is 1. The lowest BCUT2D eigenvalue weighted by atomic mass is 10.0. The van der Waals surface area contributed by atoms with Crippen molar-refractivity contribution >= 4 is 0 Å². The fraction of sp³-hybridized carbons (Fsp3) is 0.429. The molecule has 5 nitrogen and oxygen atoms in total. The average Bonchev–Trinajstić information content (AvgIpc) is 3.16. The van der Waals surface area contributed by atoms with Crippen LogP contribution >= 0.6 is 0 Å². The lowest BCUT2D eigenvalue weighted by Gasteiger charge is -2.10. The predicted molar refractivity (Wildman–Crippen MR) is 70.0 cm³/mol. The van der Waals surface area contributed by atoms with Crippen molar-refractivity contribution in [1.82, 2.24) is 10.1 Å². The van der Waals surface area contributed by atoms with Crippen LogP contribution in [0.2, 0.25) is 0 Å². The van der Waals surface area contributed by atoms with E-state index < -0.39 is 0 Å². The van der Waals surface area contributed by atoms with E-state index in [9.17, 15) is 0 Å². The number of methoxy groups -OCH3 is 1. The van der Waals surface area contributed by atoms with Gasteiger partial charge in [0.05, 0.1) is 13.2 Å². The molecule has 0 spiro atoms. The van der Waals surface area contributed by atoms with Gasteiger partial charge in [0, 0.05) is 5.92 Å². The van der Waals surface area contributed by atoms with Crippen LogP contribution in [-0.2, 0) is 0 Å². The van der Waals surface area contributed by atoms with Crippen molar-refractivity contribution in [3.8, 4) is 5.75 Å². The second kappa shape index (κ2) is 4.66. The van der Waals surface area contributed by atoms with Gasteiger partial charge < -0.3 is 15.0 Å². The van der Waals surface area contributed by atoms with Crippen LogP contribution in [0.4, 0.5) is 0 Å². The monoisotopic (exact) mass is 259 g/mol. The number of benzene rings is 1. The summed E-state index contributed by atoms with van der Waals surface area (Å²) in [5.74, 6) is 2.57.